The Labute approximate surface area is 200 Å². The number of phenolic OH excluding ortho intramolecular Hbond substituents is 1. The molecule has 3 aromatic carbocycles. The molecule has 0 heterocycles. The van der Waals surface area contributed by atoms with Crippen LogP contribution in [-0.2, 0) is 6.42 Å². The Hall–Kier alpha value is -3.06. The maximum atomic E-state index is 11.4. The second kappa shape index (κ2) is 12.3. The number of aromatic carboxylic acids is 1. The first-order valence-corrected chi connectivity index (χ1v) is 10.6. The van der Waals surface area contributed by atoms with Gasteiger partial charge in [-0.05, 0) is 73.3 Å². The van der Waals surface area contributed by atoms with Crippen molar-refractivity contribution in [1.82, 2.24) is 5.32 Å². The second-order valence-electron chi connectivity index (χ2n) is 7.94. The summed E-state index contributed by atoms with van der Waals surface area (Å²) in [5, 5.41) is 32.3. The van der Waals surface area contributed by atoms with Crippen LogP contribution in [0, 0.1) is 0 Å². The predicted octanol–water partition coefficient (Wildman–Crippen LogP) is 4.83. The normalized spacial score (nSPS) is 11.6. The fourth-order valence-electron chi connectivity index (χ4n) is 3.42. The lowest BCUT2D eigenvalue weighted by molar-refractivity contribution is 0.0690. The molecular weight excluding hydrogens is 442 g/mol. The average molecular weight is 472 g/mol. The molecule has 176 valence electrons. The van der Waals surface area contributed by atoms with Gasteiger partial charge in [0.2, 0.25) is 0 Å². The third-order valence-corrected chi connectivity index (χ3v) is 5.05. The summed E-state index contributed by atoms with van der Waals surface area (Å²) in [5.41, 5.74) is 3.85. The summed E-state index contributed by atoms with van der Waals surface area (Å²) in [6, 6.07) is 19.8. The van der Waals surface area contributed by atoms with Crippen molar-refractivity contribution in [3.8, 4) is 22.6 Å². The first-order chi connectivity index (χ1) is 15.3. The lowest BCUT2D eigenvalue weighted by Crippen LogP contribution is -2.23. The van der Waals surface area contributed by atoms with Crippen LogP contribution in [0.4, 0.5) is 0 Å². The highest BCUT2D eigenvalue weighted by Gasteiger charge is 2.14. The number of benzene rings is 3. The smallest absolute Gasteiger partial charge is 0.339 e. The quantitative estimate of drug-likeness (QED) is 0.316. The Morgan fingerprint density at radius 1 is 1.00 bits per heavy atom. The van der Waals surface area contributed by atoms with Crippen LogP contribution in [-0.4, -0.2) is 40.5 Å². The van der Waals surface area contributed by atoms with E-state index in [4.69, 9.17) is 4.74 Å². The van der Waals surface area contributed by atoms with Crippen molar-refractivity contribution in [1.29, 1.82) is 0 Å². The van der Waals surface area contributed by atoms with E-state index < -0.39 is 12.1 Å². The van der Waals surface area contributed by atoms with Crippen molar-refractivity contribution in [2.75, 3.05) is 13.1 Å². The summed E-state index contributed by atoms with van der Waals surface area (Å²) in [6.07, 6.45) is -0.00277. The minimum atomic E-state index is -1.01. The molecule has 3 aromatic rings. The summed E-state index contributed by atoms with van der Waals surface area (Å²) >= 11 is 0. The van der Waals surface area contributed by atoms with Crippen LogP contribution in [0.5, 0.6) is 11.5 Å². The number of halogens is 1. The van der Waals surface area contributed by atoms with E-state index in [1.807, 2.05) is 38.1 Å². The number of rotatable bonds is 10. The number of nitrogens with one attached hydrogen (secondary N) is 1. The molecule has 7 heteroatoms. The van der Waals surface area contributed by atoms with Gasteiger partial charge in [-0.15, -0.1) is 12.4 Å². The van der Waals surface area contributed by atoms with Crippen molar-refractivity contribution in [3.05, 3.63) is 83.4 Å². The molecule has 0 bridgehead atoms. The number of carboxylic acid groups (broad SMARTS) is 1. The summed E-state index contributed by atoms with van der Waals surface area (Å²) in [5.74, 6) is -0.505. The molecule has 1 atom stereocenters. The first kappa shape index (κ1) is 26.2. The van der Waals surface area contributed by atoms with E-state index in [0.717, 1.165) is 23.1 Å². The van der Waals surface area contributed by atoms with Gasteiger partial charge < -0.3 is 25.4 Å². The van der Waals surface area contributed by atoms with E-state index in [-0.39, 0.29) is 29.8 Å². The van der Waals surface area contributed by atoms with Gasteiger partial charge in [0.15, 0.2) is 0 Å². The lowest BCUT2D eigenvalue weighted by atomic mass is 10.0. The molecule has 0 spiro atoms. The van der Waals surface area contributed by atoms with Crippen molar-refractivity contribution in [2.45, 2.75) is 32.5 Å². The molecule has 6 nitrogen and oxygen atoms in total. The number of hydrogen-bond acceptors (Lipinski definition) is 5. The van der Waals surface area contributed by atoms with Crippen LogP contribution in [0.3, 0.4) is 0 Å². The molecule has 0 unspecified atom stereocenters. The van der Waals surface area contributed by atoms with Gasteiger partial charge >= 0.3 is 5.97 Å². The van der Waals surface area contributed by atoms with Crippen LogP contribution in [0.25, 0.3) is 11.1 Å². The SMILES string of the molecule is CC(C)Oc1cc(-c2ccc(CCNC[C@H](O)c3cccc(O)c3)cc2)ccc1C(=O)O.Cl. The Kier molecular flexibility index (Phi) is 9.73. The van der Waals surface area contributed by atoms with Gasteiger partial charge in [0.25, 0.3) is 0 Å². The van der Waals surface area contributed by atoms with Crippen LogP contribution >= 0.6 is 12.4 Å². The molecule has 0 aliphatic rings. The van der Waals surface area contributed by atoms with Gasteiger partial charge in [-0.1, -0.05) is 42.5 Å². The highest BCUT2D eigenvalue weighted by molar-refractivity contribution is 5.92. The second-order valence-corrected chi connectivity index (χ2v) is 7.94. The zero-order chi connectivity index (χ0) is 23.1. The molecule has 0 saturated carbocycles. The van der Waals surface area contributed by atoms with Crippen molar-refractivity contribution >= 4 is 18.4 Å². The molecular formula is C26H30ClNO5. The standard InChI is InChI=1S/C26H29NO5.ClH/c1-17(2)32-25-15-20(10-11-23(25)26(30)31)19-8-6-18(7-9-19)12-13-27-16-24(29)21-4-3-5-22(28)14-21;/h3-11,14-15,17,24,27-29H,12-13,16H2,1-2H3,(H,30,31);1H/t24-;/m0./s1. The number of phenols is 1. The number of ether oxygens (including phenoxy) is 1. The summed E-state index contributed by atoms with van der Waals surface area (Å²) in [7, 11) is 0. The van der Waals surface area contributed by atoms with E-state index in [9.17, 15) is 20.1 Å². The summed E-state index contributed by atoms with van der Waals surface area (Å²) < 4.78 is 5.69. The van der Waals surface area contributed by atoms with Crippen LogP contribution in [0.2, 0.25) is 0 Å². The zero-order valence-electron chi connectivity index (χ0n) is 18.7. The maximum Gasteiger partial charge on any atom is 0.339 e. The first-order valence-electron chi connectivity index (χ1n) is 10.6. The molecule has 0 aliphatic carbocycles. The van der Waals surface area contributed by atoms with Gasteiger partial charge in [-0.25, -0.2) is 4.79 Å². The molecule has 0 fully saturated rings. The highest BCUT2D eigenvalue weighted by Crippen LogP contribution is 2.28. The number of carbonyl (C=O) groups is 1. The summed E-state index contributed by atoms with van der Waals surface area (Å²) in [6.45, 7) is 4.83. The number of aromatic hydroxyl groups is 1. The zero-order valence-corrected chi connectivity index (χ0v) is 19.5. The van der Waals surface area contributed by atoms with E-state index in [0.29, 0.717) is 24.4 Å². The van der Waals surface area contributed by atoms with E-state index in [2.05, 4.69) is 5.32 Å². The number of hydrogen-bond donors (Lipinski definition) is 4. The number of aliphatic hydroxyl groups excluding tert-OH is 1. The Balaban J connectivity index is 0.00000385. The van der Waals surface area contributed by atoms with E-state index >= 15 is 0 Å². The Morgan fingerprint density at radius 2 is 1.70 bits per heavy atom. The molecule has 4 N–H and O–H groups in total. The third kappa shape index (κ3) is 7.49. The van der Waals surface area contributed by atoms with Crippen molar-refractivity contribution in [2.24, 2.45) is 0 Å². The van der Waals surface area contributed by atoms with Gasteiger partial charge in [0.1, 0.15) is 17.1 Å². The predicted molar refractivity (Wildman–Crippen MR) is 131 cm³/mol. The third-order valence-electron chi connectivity index (χ3n) is 5.05. The fourth-order valence-corrected chi connectivity index (χ4v) is 3.42. The average Bonchev–Trinajstić information content (AvgIpc) is 2.76. The number of carboxylic acids is 1. The van der Waals surface area contributed by atoms with Crippen molar-refractivity contribution < 1.29 is 24.9 Å². The van der Waals surface area contributed by atoms with Crippen molar-refractivity contribution in [3.63, 3.8) is 0 Å². The maximum absolute atomic E-state index is 11.4. The van der Waals surface area contributed by atoms with Crippen LogP contribution in [0.15, 0.2) is 66.7 Å². The summed E-state index contributed by atoms with van der Waals surface area (Å²) in [4.78, 5) is 11.4. The molecule has 33 heavy (non-hydrogen) atoms. The van der Waals surface area contributed by atoms with Gasteiger partial charge in [-0.2, -0.15) is 0 Å². The van der Waals surface area contributed by atoms with Gasteiger partial charge in [-0.3, -0.25) is 0 Å². The molecule has 0 aliphatic heterocycles. The fraction of sp³-hybridized carbons (Fsp3) is 0.269. The van der Waals surface area contributed by atoms with E-state index in [1.54, 1.807) is 42.5 Å². The minimum Gasteiger partial charge on any atom is -0.508 e. The lowest BCUT2D eigenvalue weighted by Gasteiger charge is -2.14. The molecule has 0 aromatic heterocycles. The van der Waals surface area contributed by atoms with Crippen LogP contribution < -0.4 is 10.1 Å². The minimum absolute atomic E-state index is 0. The van der Waals surface area contributed by atoms with E-state index in [1.165, 1.54) is 0 Å². The topological polar surface area (TPSA) is 99.0 Å². The molecule has 0 radical (unpaired) electrons. The molecule has 0 saturated heterocycles. The Morgan fingerprint density at radius 3 is 2.33 bits per heavy atom. The largest absolute Gasteiger partial charge is 0.508 e. The molecule has 0 amide bonds. The van der Waals surface area contributed by atoms with Gasteiger partial charge in [0, 0.05) is 6.54 Å². The number of aliphatic hydroxyl groups is 1. The van der Waals surface area contributed by atoms with Gasteiger partial charge in [0.05, 0.1) is 12.2 Å². The van der Waals surface area contributed by atoms with Crippen LogP contribution in [0.1, 0.15) is 41.4 Å². The highest BCUT2D eigenvalue weighted by atomic mass is 35.5. The Bertz CT molecular complexity index is 1050. The monoisotopic (exact) mass is 471 g/mol. The molecule has 3 rings (SSSR count).